The van der Waals surface area contributed by atoms with Crippen LogP contribution in [0.3, 0.4) is 0 Å². The molecule has 6 heteroatoms. The van der Waals surface area contributed by atoms with Crippen LogP contribution in [-0.2, 0) is 0 Å². The largest absolute Gasteiger partial charge is 0.338 e. The maximum Gasteiger partial charge on any atom is 0.239 e. The Hall–Kier alpha value is -0.590. The molecule has 5 nitrogen and oxygen atoms in total. The van der Waals surface area contributed by atoms with Gasteiger partial charge in [0.05, 0.1) is 11.3 Å². The normalized spacial score (nSPS) is 27.3. The predicted octanol–water partition coefficient (Wildman–Crippen LogP) is 1.99. The zero-order chi connectivity index (χ0) is 13.1. The molecule has 1 aromatic heterocycles. The molecule has 3 rings (SSSR count). The van der Waals surface area contributed by atoms with Gasteiger partial charge in [-0.2, -0.15) is 4.98 Å². The highest BCUT2D eigenvalue weighted by Gasteiger charge is 2.26. The molecular formula is C13H22N4OS. The number of rotatable bonds is 3. The van der Waals surface area contributed by atoms with Crippen LogP contribution in [0.25, 0.3) is 0 Å². The molecular weight excluding hydrogens is 260 g/mol. The van der Waals surface area contributed by atoms with E-state index in [0.717, 1.165) is 37.9 Å². The second-order valence-electron chi connectivity index (χ2n) is 5.31. The van der Waals surface area contributed by atoms with Crippen molar-refractivity contribution in [3.8, 4) is 0 Å². The van der Waals surface area contributed by atoms with Crippen molar-refractivity contribution in [1.29, 1.82) is 0 Å². The Morgan fingerprint density at radius 1 is 1.37 bits per heavy atom. The van der Waals surface area contributed by atoms with E-state index in [1.54, 1.807) is 0 Å². The lowest BCUT2D eigenvalue weighted by atomic mass is 10.2. The van der Waals surface area contributed by atoms with Crippen molar-refractivity contribution in [3.05, 3.63) is 11.7 Å². The van der Waals surface area contributed by atoms with Crippen molar-refractivity contribution < 1.29 is 4.52 Å². The average molecular weight is 282 g/mol. The monoisotopic (exact) mass is 282 g/mol. The van der Waals surface area contributed by atoms with E-state index in [9.17, 15) is 0 Å². The first-order chi connectivity index (χ1) is 9.34. The van der Waals surface area contributed by atoms with Gasteiger partial charge in [0.2, 0.25) is 5.89 Å². The van der Waals surface area contributed by atoms with Crippen molar-refractivity contribution >= 4 is 11.8 Å². The molecule has 0 radical (unpaired) electrons. The first kappa shape index (κ1) is 13.4. The minimum absolute atomic E-state index is 0.258. The molecule has 2 fully saturated rings. The van der Waals surface area contributed by atoms with Gasteiger partial charge in [-0.05, 0) is 25.5 Å². The first-order valence-corrected chi connectivity index (χ1v) is 8.29. The van der Waals surface area contributed by atoms with Crippen LogP contribution in [0.4, 0.5) is 0 Å². The van der Waals surface area contributed by atoms with Crippen LogP contribution in [0.1, 0.15) is 49.2 Å². The molecule has 1 aromatic rings. The maximum atomic E-state index is 5.49. The minimum atomic E-state index is 0.258. The topological polar surface area (TPSA) is 54.2 Å². The lowest BCUT2D eigenvalue weighted by molar-refractivity contribution is 0.176. The number of nitrogens with one attached hydrogen (secondary N) is 1. The molecule has 106 valence electrons. The van der Waals surface area contributed by atoms with Crippen LogP contribution in [0, 0.1) is 0 Å². The molecule has 0 aliphatic carbocycles. The summed E-state index contributed by atoms with van der Waals surface area (Å²) in [7, 11) is 0. The first-order valence-electron chi connectivity index (χ1n) is 7.24. The van der Waals surface area contributed by atoms with E-state index < -0.39 is 0 Å². The fourth-order valence-corrected chi connectivity index (χ4v) is 3.94. The summed E-state index contributed by atoms with van der Waals surface area (Å²) in [6.45, 7) is 6.39. The third-order valence-electron chi connectivity index (χ3n) is 3.99. The van der Waals surface area contributed by atoms with Crippen molar-refractivity contribution in [1.82, 2.24) is 20.4 Å². The van der Waals surface area contributed by atoms with Gasteiger partial charge in [-0.15, -0.1) is 11.8 Å². The van der Waals surface area contributed by atoms with Crippen LogP contribution in [0.2, 0.25) is 0 Å². The highest BCUT2D eigenvalue weighted by atomic mass is 32.2. The SMILES string of the molecule is CC(c1noc(C2CCCCS2)n1)N1CCNCC1. The molecule has 3 heterocycles. The second kappa shape index (κ2) is 6.24. The van der Waals surface area contributed by atoms with Crippen molar-refractivity contribution in [2.75, 3.05) is 31.9 Å². The van der Waals surface area contributed by atoms with Crippen molar-refractivity contribution in [2.24, 2.45) is 0 Å². The molecule has 2 aliphatic heterocycles. The summed E-state index contributed by atoms with van der Waals surface area (Å²) in [6.07, 6.45) is 3.77. The highest BCUT2D eigenvalue weighted by Crippen LogP contribution is 2.37. The maximum absolute atomic E-state index is 5.49. The zero-order valence-electron chi connectivity index (χ0n) is 11.5. The minimum Gasteiger partial charge on any atom is -0.338 e. The lowest BCUT2D eigenvalue weighted by Crippen LogP contribution is -2.44. The third-order valence-corrected chi connectivity index (χ3v) is 5.35. The molecule has 2 aliphatic rings. The second-order valence-corrected chi connectivity index (χ2v) is 6.62. The van der Waals surface area contributed by atoms with Gasteiger partial charge in [-0.1, -0.05) is 11.6 Å². The quantitative estimate of drug-likeness (QED) is 0.915. The number of aromatic nitrogens is 2. The summed E-state index contributed by atoms with van der Waals surface area (Å²) in [5.41, 5.74) is 0. The van der Waals surface area contributed by atoms with Crippen LogP contribution in [-0.4, -0.2) is 47.0 Å². The van der Waals surface area contributed by atoms with Crippen LogP contribution in [0.5, 0.6) is 0 Å². The Balaban J connectivity index is 1.65. The molecule has 2 unspecified atom stereocenters. The molecule has 0 aromatic carbocycles. The number of nitrogens with zero attached hydrogens (tertiary/aromatic N) is 3. The average Bonchev–Trinajstić information content (AvgIpc) is 2.98. The van der Waals surface area contributed by atoms with E-state index in [1.165, 1.54) is 25.0 Å². The summed E-state index contributed by atoms with van der Waals surface area (Å²) in [5, 5.41) is 8.00. The predicted molar refractivity (Wildman–Crippen MR) is 76.2 cm³/mol. The summed E-state index contributed by atoms with van der Waals surface area (Å²) in [5.74, 6) is 2.90. The Bertz CT molecular complexity index is 399. The molecule has 2 saturated heterocycles. The van der Waals surface area contributed by atoms with Gasteiger partial charge in [0.25, 0.3) is 0 Å². The molecule has 0 amide bonds. The van der Waals surface area contributed by atoms with Crippen LogP contribution in [0.15, 0.2) is 4.52 Å². The standard InChI is InChI=1S/C13H22N4OS/c1-10(17-7-5-14-6-8-17)12-15-13(18-16-12)11-4-2-3-9-19-11/h10-11,14H,2-9H2,1H3. The lowest BCUT2D eigenvalue weighted by Gasteiger charge is -2.30. The molecule has 0 spiro atoms. The van der Waals surface area contributed by atoms with Gasteiger partial charge < -0.3 is 9.84 Å². The van der Waals surface area contributed by atoms with Crippen molar-refractivity contribution in [3.63, 3.8) is 0 Å². The van der Waals surface area contributed by atoms with Gasteiger partial charge >= 0.3 is 0 Å². The highest BCUT2D eigenvalue weighted by molar-refractivity contribution is 7.99. The number of hydrogen-bond donors (Lipinski definition) is 1. The van der Waals surface area contributed by atoms with E-state index in [4.69, 9.17) is 4.52 Å². The van der Waals surface area contributed by atoms with E-state index >= 15 is 0 Å². The third kappa shape index (κ3) is 3.12. The van der Waals surface area contributed by atoms with Crippen molar-refractivity contribution in [2.45, 2.75) is 37.5 Å². The summed E-state index contributed by atoms with van der Waals surface area (Å²) < 4.78 is 5.49. The fraction of sp³-hybridized carbons (Fsp3) is 0.846. The van der Waals surface area contributed by atoms with E-state index in [2.05, 4.69) is 27.3 Å². The van der Waals surface area contributed by atoms with Crippen LogP contribution >= 0.6 is 11.8 Å². The van der Waals surface area contributed by atoms with Gasteiger partial charge in [-0.3, -0.25) is 4.90 Å². The Kier molecular flexibility index (Phi) is 4.40. The number of piperazine rings is 1. The van der Waals surface area contributed by atoms with E-state index in [-0.39, 0.29) is 6.04 Å². The molecule has 1 N–H and O–H groups in total. The van der Waals surface area contributed by atoms with E-state index in [0.29, 0.717) is 5.25 Å². The van der Waals surface area contributed by atoms with Gasteiger partial charge in [0.15, 0.2) is 5.82 Å². The number of thioether (sulfide) groups is 1. The summed E-state index contributed by atoms with van der Waals surface area (Å²) >= 11 is 1.96. The molecule has 0 bridgehead atoms. The van der Waals surface area contributed by atoms with E-state index in [1.807, 2.05) is 11.8 Å². The molecule has 19 heavy (non-hydrogen) atoms. The Morgan fingerprint density at radius 2 is 2.21 bits per heavy atom. The summed E-state index contributed by atoms with van der Waals surface area (Å²) in [4.78, 5) is 7.06. The number of hydrogen-bond acceptors (Lipinski definition) is 6. The zero-order valence-corrected chi connectivity index (χ0v) is 12.3. The van der Waals surface area contributed by atoms with Gasteiger partial charge in [0, 0.05) is 26.2 Å². The van der Waals surface area contributed by atoms with Gasteiger partial charge in [-0.25, -0.2) is 0 Å². The summed E-state index contributed by atoms with van der Waals surface area (Å²) in [6, 6.07) is 0.258. The van der Waals surface area contributed by atoms with Crippen LogP contribution < -0.4 is 5.32 Å². The van der Waals surface area contributed by atoms with Gasteiger partial charge in [0.1, 0.15) is 0 Å². The smallest absolute Gasteiger partial charge is 0.239 e. The Morgan fingerprint density at radius 3 is 2.95 bits per heavy atom. The Labute approximate surface area is 118 Å². The molecule has 2 atom stereocenters. The fourth-order valence-electron chi connectivity index (χ4n) is 2.72. The molecule has 0 saturated carbocycles.